The molecular weight excluding hydrogens is 399 g/mol. The van der Waals surface area contributed by atoms with Gasteiger partial charge in [-0.2, -0.15) is 0 Å². The van der Waals surface area contributed by atoms with Crippen LogP contribution in [0.3, 0.4) is 0 Å². The summed E-state index contributed by atoms with van der Waals surface area (Å²) in [4.78, 5) is 25.9. The molecule has 0 N–H and O–H groups in total. The molecule has 0 aliphatic carbocycles. The summed E-state index contributed by atoms with van der Waals surface area (Å²) in [5, 5.41) is 0. The number of hydrogen-bond donors (Lipinski definition) is 0. The van der Waals surface area contributed by atoms with Crippen LogP contribution in [0.2, 0.25) is 0 Å². The van der Waals surface area contributed by atoms with Gasteiger partial charge in [-0.3, -0.25) is 4.79 Å². The maximum absolute atomic E-state index is 13.0. The largest absolute Gasteiger partial charge is 0.491 e. The molecule has 1 aromatic carbocycles. The van der Waals surface area contributed by atoms with E-state index in [-0.39, 0.29) is 30.5 Å². The van der Waals surface area contributed by atoms with Crippen LogP contribution in [0.25, 0.3) is 0 Å². The number of carbonyl (C=O) groups excluding carboxylic acids is 1. The molecule has 4 rings (SSSR count). The Morgan fingerprint density at radius 1 is 1.13 bits per heavy atom. The van der Waals surface area contributed by atoms with Crippen LogP contribution in [0.15, 0.2) is 24.3 Å². The first-order valence-electron chi connectivity index (χ1n) is 10.8. The molecule has 31 heavy (non-hydrogen) atoms. The van der Waals surface area contributed by atoms with Gasteiger partial charge >= 0.3 is 0 Å². The van der Waals surface area contributed by atoms with Gasteiger partial charge in [0.2, 0.25) is 5.91 Å². The van der Waals surface area contributed by atoms with Crippen molar-refractivity contribution in [1.29, 1.82) is 0 Å². The van der Waals surface area contributed by atoms with Crippen molar-refractivity contribution in [3.8, 4) is 5.75 Å². The number of rotatable bonds is 5. The Bertz CT molecular complexity index is 929. The molecule has 2 aromatic rings. The second-order valence-corrected chi connectivity index (χ2v) is 8.27. The van der Waals surface area contributed by atoms with Gasteiger partial charge in [0.05, 0.1) is 6.54 Å². The molecule has 1 unspecified atom stereocenters. The molecule has 0 saturated carbocycles. The van der Waals surface area contributed by atoms with Crippen LogP contribution in [-0.4, -0.2) is 65.8 Å². The molecule has 2 saturated heterocycles. The highest BCUT2D eigenvalue weighted by Crippen LogP contribution is 2.26. The topological polar surface area (TPSA) is 67.8 Å². The van der Waals surface area contributed by atoms with Crippen LogP contribution >= 0.6 is 0 Å². The first-order valence-corrected chi connectivity index (χ1v) is 10.8. The van der Waals surface area contributed by atoms with Crippen molar-refractivity contribution in [2.75, 3.05) is 37.7 Å². The lowest BCUT2D eigenvalue weighted by Gasteiger charge is -2.42. The van der Waals surface area contributed by atoms with Crippen molar-refractivity contribution in [3.63, 3.8) is 0 Å². The lowest BCUT2D eigenvalue weighted by atomic mass is 10.0. The zero-order chi connectivity index (χ0) is 22.0. The van der Waals surface area contributed by atoms with Crippen LogP contribution in [0.5, 0.6) is 5.75 Å². The highest BCUT2D eigenvalue weighted by Gasteiger charge is 2.34. The molecule has 1 atom stereocenters. The van der Waals surface area contributed by atoms with E-state index >= 15 is 0 Å². The summed E-state index contributed by atoms with van der Waals surface area (Å²) in [6, 6.07) is 6.10. The minimum Gasteiger partial charge on any atom is -0.491 e. The first-order chi connectivity index (χ1) is 14.9. The minimum atomic E-state index is -0.299. The van der Waals surface area contributed by atoms with E-state index in [9.17, 15) is 9.18 Å². The Labute approximate surface area is 182 Å². The third-order valence-electron chi connectivity index (χ3n) is 6.09. The van der Waals surface area contributed by atoms with E-state index in [1.54, 1.807) is 12.1 Å². The molecule has 2 aliphatic rings. The Hall–Kier alpha value is -2.74. The third-order valence-corrected chi connectivity index (χ3v) is 6.09. The molecule has 7 nitrogen and oxygen atoms in total. The normalized spacial score (nSPS) is 20.3. The predicted octanol–water partition coefficient (Wildman–Crippen LogP) is 2.82. The fraction of sp³-hybridized carbons (Fsp3) is 0.522. The number of morpholine rings is 1. The average Bonchev–Trinajstić information content (AvgIpc) is 2.77. The van der Waals surface area contributed by atoms with Gasteiger partial charge in [0.1, 0.15) is 42.5 Å². The van der Waals surface area contributed by atoms with Gasteiger partial charge in [0, 0.05) is 30.4 Å². The smallest absolute Gasteiger partial charge is 0.248 e. The quantitative estimate of drug-likeness (QED) is 0.730. The number of halogens is 1. The van der Waals surface area contributed by atoms with Gasteiger partial charge in [-0.1, -0.05) is 0 Å². The van der Waals surface area contributed by atoms with E-state index in [0.29, 0.717) is 18.9 Å². The number of hydrogen-bond acceptors (Lipinski definition) is 6. The van der Waals surface area contributed by atoms with Crippen LogP contribution < -0.4 is 9.64 Å². The van der Waals surface area contributed by atoms with Crippen molar-refractivity contribution >= 4 is 11.7 Å². The lowest BCUT2D eigenvalue weighted by molar-refractivity contribution is -0.154. The monoisotopic (exact) mass is 428 g/mol. The summed E-state index contributed by atoms with van der Waals surface area (Å²) in [6.45, 7) is 8.60. The maximum atomic E-state index is 13.0. The second kappa shape index (κ2) is 9.18. The Kier molecular flexibility index (Phi) is 6.36. The Morgan fingerprint density at radius 3 is 2.55 bits per heavy atom. The number of carbonyl (C=O) groups is 1. The predicted molar refractivity (Wildman–Crippen MR) is 115 cm³/mol. The summed E-state index contributed by atoms with van der Waals surface area (Å²) in [5.41, 5.74) is 2.13. The van der Waals surface area contributed by atoms with Crippen molar-refractivity contribution in [2.24, 2.45) is 0 Å². The summed E-state index contributed by atoms with van der Waals surface area (Å²) >= 11 is 0. The van der Waals surface area contributed by atoms with Crippen molar-refractivity contribution < 1.29 is 18.7 Å². The minimum absolute atomic E-state index is 0.0291. The van der Waals surface area contributed by atoms with Gasteiger partial charge < -0.3 is 19.3 Å². The van der Waals surface area contributed by atoms with Crippen LogP contribution in [-0.2, 0) is 9.53 Å². The van der Waals surface area contributed by atoms with Gasteiger partial charge in [0.25, 0.3) is 0 Å². The first kappa shape index (κ1) is 21.5. The van der Waals surface area contributed by atoms with Crippen molar-refractivity contribution in [1.82, 2.24) is 14.9 Å². The lowest BCUT2D eigenvalue weighted by Crippen LogP contribution is -2.55. The van der Waals surface area contributed by atoms with E-state index in [4.69, 9.17) is 9.47 Å². The van der Waals surface area contributed by atoms with Crippen LogP contribution in [0.4, 0.5) is 10.2 Å². The number of ether oxygens (including phenoxy) is 2. The maximum Gasteiger partial charge on any atom is 0.248 e. The number of anilines is 1. The van der Waals surface area contributed by atoms with E-state index in [0.717, 1.165) is 48.8 Å². The zero-order valence-corrected chi connectivity index (χ0v) is 18.3. The van der Waals surface area contributed by atoms with Crippen molar-refractivity contribution in [2.45, 2.75) is 45.8 Å². The Morgan fingerprint density at radius 2 is 1.84 bits per heavy atom. The summed E-state index contributed by atoms with van der Waals surface area (Å²) in [7, 11) is 0. The standard InChI is InChI=1S/C23H29FN4O3/c1-15-16(2)25-17(3)26-23(15)27-10-8-19(9-11-27)28-12-21(31-14-22(28)29)13-30-20-6-4-18(24)5-7-20/h4-7,19,21H,8-14H2,1-3H3. The Balaban J connectivity index is 1.34. The van der Waals surface area contributed by atoms with Gasteiger partial charge in [-0.25, -0.2) is 14.4 Å². The molecule has 1 amide bonds. The molecule has 2 aliphatic heterocycles. The summed E-state index contributed by atoms with van der Waals surface area (Å²) in [5.74, 6) is 2.11. The molecule has 166 valence electrons. The van der Waals surface area contributed by atoms with E-state index in [2.05, 4.69) is 21.8 Å². The van der Waals surface area contributed by atoms with Crippen LogP contribution in [0.1, 0.15) is 29.9 Å². The molecule has 0 radical (unpaired) electrons. The van der Waals surface area contributed by atoms with Crippen molar-refractivity contribution in [3.05, 3.63) is 47.2 Å². The average molecular weight is 429 g/mol. The third kappa shape index (κ3) is 4.95. The number of nitrogens with zero attached hydrogens (tertiary/aromatic N) is 4. The molecule has 0 spiro atoms. The highest BCUT2D eigenvalue weighted by molar-refractivity contribution is 5.78. The number of benzene rings is 1. The number of aryl methyl sites for hydroxylation is 2. The van der Waals surface area contributed by atoms with Gasteiger partial charge in [-0.15, -0.1) is 0 Å². The molecular formula is C23H29FN4O3. The second-order valence-electron chi connectivity index (χ2n) is 8.27. The van der Waals surface area contributed by atoms with E-state index in [1.807, 2.05) is 18.7 Å². The van der Waals surface area contributed by atoms with Gasteiger partial charge in [-0.05, 0) is 57.9 Å². The molecule has 8 heteroatoms. The fourth-order valence-corrected chi connectivity index (χ4v) is 4.27. The molecule has 2 fully saturated rings. The number of aromatic nitrogens is 2. The zero-order valence-electron chi connectivity index (χ0n) is 18.3. The molecule has 1 aromatic heterocycles. The number of amides is 1. The SMILES string of the molecule is Cc1nc(C)c(C)c(N2CCC(N3CC(COc4ccc(F)cc4)OCC3=O)CC2)n1. The fourth-order valence-electron chi connectivity index (χ4n) is 4.27. The van der Waals surface area contributed by atoms with Gasteiger partial charge in [0.15, 0.2) is 0 Å². The summed E-state index contributed by atoms with van der Waals surface area (Å²) in [6.07, 6.45) is 1.58. The van der Waals surface area contributed by atoms with Crippen LogP contribution in [0, 0.1) is 26.6 Å². The highest BCUT2D eigenvalue weighted by atomic mass is 19.1. The number of piperidine rings is 1. The van der Waals surface area contributed by atoms with E-state index < -0.39 is 0 Å². The van der Waals surface area contributed by atoms with E-state index in [1.165, 1.54) is 12.1 Å². The molecule has 3 heterocycles. The molecule has 0 bridgehead atoms. The summed E-state index contributed by atoms with van der Waals surface area (Å²) < 4.78 is 24.4.